The van der Waals surface area contributed by atoms with Crippen LogP contribution in [0.4, 0.5) is 10.1 Å². The van der Waals surface area contributed by atoms with Crippen LogP contribution in [0.15, 0.2) is 33.6 Å². The van der Waals surface area contributed by atoms with Gasteiger partial charge in [-0.3, -0.25) is 4.72 Å². The van der Waals surface area contributed by atoms with E-state index in [2.05, 4.69) is 25.6 Å². The van der Waals surface area contributed by atoms with Crippen LogP contribution in [0.3, 0.4) is 0 Å². The quantitative estimate of drug-likeness (QED) is 0.758. The molecule has 0 saturated heterocycles. The van der Waals surface area contributed by atoms with Gasteiger partial charge in [-0.05, 0) is 36.8 Å². The first-order valence-corrected chi connectivity index (χ1v) is 8.54. The fraction of sp³-hybridized carbons (Fsp3) is 0.0833. The number of rotatable bonds is 3. The van der Waals surface area contributed by atoms with Crippen molar-refractivity contribution >= 4 is 54.8 Å². The van der Waals surface area contributed by atoms with Crippen molar-refractivity contribution in [2.75, 3.05) is 4.72 Å². The van der Waals surface area contributed by atoms with Gasteiger partial charge >= 0.3 is 0 Å². The molecule has 0 aliphatic rings. The Hall–Kier alpha value is -0.890. The lowest BCUT2D eigenvalue weighted by atomic mass is 10.3. The Labute approximate surface area is 139 Å². The molecular weight excluding hydrogens is 406 g/mol. The maximum absolute atomic E-state index is 13.8. The second kappa shape index (κ2) is 6.08. The van der Waals surface area contributed by atoms with Gasteiger partial charge in [0.05, 0.1) is 5.69 Å². The van der Waals surface area contributed by atoms with Crippen molar-refractivity contribution in [1.29, 1.82) is 0 Å². The number of aryl methyl sites for hydroxylation is 1. The average molecular weight is 414 g/mol. The minimum Gasteiger partial charge on any atom is -0.276 e. The van der Waals surface area contributed by atoms with E-state index in [-0.39, 0.29) is 16.0 Å². The highest BCUT2D eigenvalue weighted by atomic mass is 79.9. The maximum atomic E-state index is 13.8. The zero-order valence-electron chi connectivity index (χ0n) is 10.5. The third-order valence-corrected chi connectivity index (χ3v) is 4.90. The smallest absolute Gasteiger partial charge is 0.264 e. The number of halogens is 4. The van der Waals surface area contributed by atoms with E-state index >= 15 is 0 Å². The van der Waals surface area contributed by atoms with Crippen LogP contribution >= 0.6 is 39.1 Å². The molecule has 0 saturated carbocycles. The van der Waals surface area contributed by atoms with Gasteiger partial charge in [-0.15, -0.1) is 0 Å². The number of hydrogen-bond acceptors (Lipinski definition) is 3. The van der Waals surface area contributed by atoms with E-state index in [0.29, 0.717) is 10.0 Å². The first kappa shape index (κ1) is 16.5. The van der Waals surface area contributed by atoms with Crippen molar-refractivity contribution in [3.05, 3.63) is 50.4 Å². The second-order valence-corrected chi connectivity index (χ2v) is 7.42. The summed E-state index contributed by atoms with van der Waals surface area (Å²) in [6.45, 7) is 1.61. The molecule has 0 fully saturated rings. The number of sulfonamides is 1. The third kappa shape index (κ3) is 3.66. The van der Waals surface area contributed by atoms with Crippen molar-refractivity contribution in [1.82, 2.24) is 4.98 Å². The molecule has 112 valence electrons. The van der Waals surface area contributed by atoms with Crippen LogP contribution < -0.4 is 4.72 Å². The predicted octanol–water partition coefficient (Wildman–Crippen LogP) is 4.40. The van der Waals surface area contributed by atoms with Crippen LogP contribution in [0.1, 0.15) is 5.56 Å². The molecule has 0 bridgehead atoms. The van der Waals surface area contributed by atoms with Crippen LogP contribution in [-0.4, -0.2) is 13.4 Å². The number of nitrogens with zero attached hydrogens (tertiary/aromatic N) is 1. The minimum atomic E-state index is -4.13. The molecule has 1 aromatic heterocycles. The molecule has 0 aliphatic heterocycles. The molecule has 21 heavy (non-hydrogen) atoms. The van der Waals surface area contributed by atoms with Crippen molar-refractivity contribution in [3.8, 4) is 0 Å². The summed E-state index contributed by atoms with van der Waals surface area (Å²) >= 11 is 14.6. The molecule has 0 radical (unpaired) electrons. The zero-order chi connectivity index (χ0) is 15.8. The molecule has 0 atom stereocenters. The molecule has 0 amide bonds. The van der Waals surface area contributed by atoms with Crippen LogP contribution in [-0.2, 0) is 10.0 Å². The van der Waals surface area contributed by atoms with Gasteiger partial charge in [0.1, 0.15) is 15.9 Å². The fourth-order valence-corrected chi connectivity index (χ4v) is 3.77. The molecule has 1 N–H and O–H groups in total. The third-order valence-electron chi connectivity index (χ3n) is 2.56. The molecule has 9 heteroatoms. The molecule has 0 spiro atoms. The Bertz CT molecular complexity index is 792. The number of nitrogens with one attached hydrogen (secondary N) is 1. The Balaban J connectivity index is 2.47. The number of anilines is 1. The number of aromatic nitrogens is 1. The fourth-order valence-electron chi connectivity index (χ4n) is 1.60. The van der Waals surface area contributed by atoms with Crippen molar-refractivity contribution < 1.29 is 12.8 Å². The molecule has 2 aromatic rings. The van der Waals surface area contributed by atoms with E-state index in [1.54, 1.807) is 6.92 Å². The zero-order valence-corrected chi connectivity index (χ0v) is 14.4. The summed E-state index contributed by atoms with van der Waals surface area (Å²) in [6, 6.07) is 5.08. The van der Waals surface area contributed by atoms with Gasteiger partial charge in [-0.1, -0.05) is 39.1 Å². The summed E-state index contributed by atoms with van der Waals surface area (Å²) in [5, 5.41) is 0.0244. The Morgan fingerprint density at radius 1 is 1.29 bits per heavy atom. The Kier molecular flexibility index (Phi) is 4.77. The predicted molar refractivity (Wildman–Crippen MR) is 83.9 cm³/mol. The highest BCUT2D eigenvalue weighted by Crippen LogP contribution is 2.29. The standard InChI is InChI=1S/C12H8BrCl2FN2O2S/c1-6-4-10(14)17-12(15)11(6)18-21(19,20)9-3-2-7(13)5-8(9)16/h2-5,18H,1H3. The SMILES string of the molecule is Cc1cc(Cl)nc(Cl)c1NS(=O)(=O)c1ccc(Br)cc1F. The normalized spacial score (nSPS) is 11.5. The van der Waals surface area contributed by atoms with E-state index < -0.39 is 20.7 Å². The highest BCUT2D eigenvalue weighted by Gasteiger charge is 2.22. The average Bonchev–Trinajstić information content (AvgIpc) is 2.33. The molecule has 0 unspecified atom stereocenters. The molecule has 2 rings (SSSR count). The largest absolute Gasteiger partial charge is 0.276 e. The summed E-state index contributed by atoms with van der Waals surface area (Å²) in [4.78, 5) is 3.26. The van der Waals surface area contributed by atoms with E-state index in [0.717, 1.165) is 12.1 Å². The van der Waals surface area contributed by atoms with E-state index in [1.165, 1.54) is 12.1 Å². The number of pyridine rings is 1. The van der Waals surface area contributed by atoms with Gasteiger partial charge in [-0.2, -0.15) is 0 Å². The highest BCUT2D eigenvalue weighted by molar-refractivity contribution is 9.10. The maximum Gasteiger partial charge on any atom is 0.264 e. The summed E-state index contributed by atoms with van der Waals surface area (Å²) in [5.74, 6) is -0.882. The van der Waals surface area contributed by atoms with Gasteiger partial charge < -0.3 is 0 Å². The summed E-state index contributed by atoms with van der Waals surface area (Å²) in [6.07, 6.45) is 0. The molecule has 1 aromatic carbocycles. The van der Waals surface area contributed by atoms with Crippen molar-refractivity contribution in [2.45, 2.75) is 11.8 Å². The van der Waals surface area contributed by atoms with Crippen molar-refractivity contribution in [3.63, 3.8) is 0 Å². The monoisotopic (exact) mass is 412 g/mol. The van der Waals surface area contributed by atoms with Gasteiger partial charge in [0.25, 0.3) is 10.0 Å². The van der Waals surface area contributed by atoms with Crippen LogP contribution in [0.25, 0.3) is 0 Å². The lowest BCUT2D eigenvalue weighted by Crippen LogP contribution is -2.16. The van der Waals surface area contributed by atoms with Gasteiger partial charge in [0.2, 0.25) is 0 Å². The van der Waals surface area contributed by atoms with E-state index in [4.69, 9.17) is 23.2 Å². The van der Waals surface area contributed by atoms with Crippen LogP contribution in [0.2, 0.25) is 10.3 Å². The molecular formula is C12H8BrCl2FN2O2S. The summed E-state index contributed by atoms with van der Waals surface area (Å²) in [7, 11) is -4.13. The van der Waals surface area contributed by atoms with Gasteiger partial charge in [-0.25, -0.2) is 17.8 Å². The summed E-state index contributed by atoms with van der Waals surface area (Å²) < 4.78 is 40.9. The molecule has 1 heterocycles. The second-order valence-electron chi connectivity index (χ2n) is 4.11. The van der Waals surface area contributed by atoms with E-state index in [1.807, 2.05) is 0 Å². The minimum absolute atomic E-state index is 0.0587. The molecule has 4 nitrogen and oxygen atoms in total. The first-order chi connectivity index (χ1) is 9.70. The van der Waals surface area contributed by atoms with Crippen LogP contribution in [0.5, 0.6) is 0 Å². The first-order valence-electron chi connectivity index (χ1n) is 5.51. The Morgan fingerprint density at radius 3 is 2.52 bits per heavy atom. The lowest BCUT2D eigenvalue weighted by Gasteiger charge is -2.12. The van der Waals surface area contributed by atoms with Gasteiger partial charge in [0.15, 0.2) is 5.15 Å². The number of hydrogen-bond donors (Lipinski definition) is 1. The summed E-state index contributed by atoms with van der Waals surface area (Å²) in [5.41, 5.74) is 0.532. The van der Waals surface area contributed by atoms with Crippen molar-refractivity contribution in [2.24, 2.45) is 0 Å². The topological polar surface area (TPSA) is 59.1 Å². The molecule has 0 aliphatic carbocycles. The van der Waals surface area contributed by atoms with Crippen LogP contribution in [0, 0.1) is 12.7 Å². The Morgan fingerprint density at radius 2 is 1.95 bits per heavy atom. The number of benzene rings is 1. The lowest BCUT2D eigenvalue weighted by molar-refractivity contribution is 0.570. The van der Waals surface area contributed by atoms with E-state index in [9.17, 15) is 12.8 Å². The van der Waals surface area contributed by atoms with Gasteiger partial charge in [0, 0.05) is 4.47 Å².